The number of nitrogens with one attached hydrogen (secondary N) is 1. The molecule has 23 heavy (non-hydrogen) atoms. The third kappa shape index (κ3) is 3.82. The molecular formula is C15H24N2O5Si. The van der Waals surface area contributed by atoms with Gasteiger partial charge in [0.2, 0.25) is 6.23 Å². The molecule has 1 aromatic rings. The van der Waals surface area contributed by atoms with Crippen LogP contribution in [0.15, 0.2) is 33.7 Å². The largest absolute Gasteiger partial charge is 0.469 e. The summed E-state index contributed by atoms with van der Waals surface area (Å²) in [5.74, 6) is 0.491. The van der Waals surface area contributed by atoms with E-state index in [1.807, 2.05) is 0 Å². The van der Waals surface area contributed by atoms with Gasteiger partial charge >= 0.3 is 5.69 Å². The molecule has 0 spiro atoms. The van der Waals surface area contributed by atoms with Crippen molar-refractivity contribution in [2.75, 3.05) is 6.61 Å². The lowest BCUT2D eigenvalue weighted by molar-refractivity contribution is -0.00977. The van der Waals surface area contributed by atoms with Crippen LogP contribution in [0.2, 0.25) is 18.1 Å². The summed E-state index contributed by atoms with van der Waals surface area (Å²) in [6.45, 7) is 10.9. The van der Waals surface area contributed by atoms with Crippen molar-refractivity contribution in [2.45, 2.75) is 51.2 Å². The van der Waals surface area contributed by atoms with Crippen molar-refractivity contribution in [1.82, 2.24) is 9.55 Å². The molecule has 8 heteroatoms. The molecule has 0 saturated heterocycles. The number of ether oxygens (including phenoxy) is 1. The number of aliphatic hydroxyl groups excluding tert-OH is 1. The van der Waals surface area contributed by atoms with Crippen molar-refractivity contribution in [3.05, 3.63) is 44.9 Å². The second kappa shape index (κ2) is 6.10. The molecule has 0 aromatic carbocycles. The predicted molar refractivity (Wildman–Crippen MR) is 88.7 cm³/mol. The highest BCUT2D eigenvalue weighted by Gasteiger charge is 2.38. The molecule has 0 aliphatic carbocycles. The Labute approximate surface area is 135 Å². The number of aliphatic hydroxyl groups is 1. The van der Waals surface area contributed by atoms with Crippen LogP contribution in [-0.2, 0) is 9.16 Å². The fourth-order valence-corrected chi connectivity index (χ4v) is 2.87. The van der Waals surface area contributed by atoms with Crippen LogP contribution in [0.3, 0.4) is 0 Å². The van der Waals surface area contributed by atoms with Crippen LogP contribution >= 0.6 is 0 Å². The highest BCUT2D eigenvalue weighted by molar-refractivity contribution is 6.74. The smallest absolute Gasteiger partial charge is 0.331 e. The summed E-state index contributed by atoms with van der Waals surface area (Å²) in [5.41, 5.74) is -1.12. The summed E-state index contributed by atoms with van der Waals surface area (Å²) in [4.78, 5) is 25.0. The molecule has 128 valence electrons. The van der Waals surface area contributed by atoms with E-state index in [0.29, 0.717) is 5.76 Å². The maximum atomic E-state index is 11.8. The van der Waals surface area contributed by atoms with E-state index in [4.69, 9.17) is 9.16 Å². The molecule has 2 N–H and O–H groups in total. The Bertz CT molecular complexity index is 714. The van der Waals surface area contributed by atoms with E-state index in [9.17, 15) is 14.7 Å². The Balaban J connectivity index is 2.07. The number of nitrogens with zero attached hydrogens (tertiary/aromatic N) is 1. The highest BCUT2D eigenvalue weighted by atomic mass is 28.4. The molecule has 1 aliphatic rings. The number of aromatic amines is 1. The zero-order chi connectivity index (χ0) is 17.4. The number of aromatic nitrogens is 2. The molecule has 0 fully saturated rings. The van der Waals surface area contributed by atoms with Gasteiger partial charge in [0.25, 0.3) is 5.56 Å². The Hall–Kier alpha value is -1.64. The lowest BCUT2D eigenvalue weighted by atomic mass is 10.2. The van der Waals surface area contributed by atoms with Crippen LogP contribution in [0, 0.1) is 0 Å². The number of hydrogen-bond acceptors (Lipinski definition) is 5. The maximum absolute atomic E-state index is 11.8. The Morgan fingerprint density at radius 2 is 2.04 bits per heavy atom. The van der Waals surface area contributed by atoms with Crippen molar-refractivity contribution in [3.8, 4) is 0 Å². The Morgan fingerprint density at radius 3 is 2.61 bits per heavy atom. The summed E-state index contributed by atoms with van der Waals surface area (Å²) in [7, 11) is -1.93. The van der Waals surface area contributed by atoms with Crippen LogP contribution in [0.4, 0.5) is 0 Å². The molecule has 7 nitrogen and oxygen atoms in total. The van der Waals surface area contributed by atoms with E-state index in [2.05, 4.69) is 38.8 Å². The van der Waals surface area contributed by atoms with Gasteiger partial charge in [-0.05, 0) is 24.2 Å². The van der Waals surface area contributed by atoms with Gasteiger partial charge in [0.1, 0.15) is 11.9 Å². The van der Waals surface area contributed by atoms with Gasteiger partial charge in [0, 0.05) is 12.3 Å². The average molecular weight is 340 g/mol. The van der Waals surface area contributed by atoms with Gasteiger partial charge in [-0.3, -0.25) is 14.3 Å². The first-order valence-electron chi connectivity index (χ1n) is 7.52. The third-order valence-electron chi connectivity index (χ3n) is 4.43. The molecule has 0 amide bonds. The lowest BCUT2D eigenvalue weighted by Crippen LogP contribution is -2.41. The normalized spacial score (nSPS) is 21.9. The summed E-state index contributed by atoms with van der Waals surface area (Å²) in [6, 6.07) is 1.21. The van der Waals surface area contributed by atoms with Gasteiger partial charge in [-0.15, -0.1) is 0 Å². The Kier molecular flexibility index (Phi) is 4.70. The van der Waals surface area contributed by atoms with Crippen LogP contribution in [0.5, 0.6) is 0 Å². The first-order valence-corrected chi connectivity index (χ1v) is 10.4. The van der Waals surface area contributed by atoms with Gasteiger partial charge in [-0.1, -0.05) is 20.8 Å². The van der Waals surface area contributed by atoms with Crippen molar-refractivity contribution in [1.29, 1.82) is 0 Å². The highest BCUT2D eigenvalue weighted by Crippen LogP contribution is 2.37. The molecule has 1 aliphatic heterocycles. The van der Waals surface area contributed by atoms with E-state index in [0.717, 1.165) is 4.57 Å². The van der Waals surface area contributed by atoms with Crippen molar-refractivity contribution >= 4 is 8.32 Å². The van der Waals surface area contributed by atoms with Gasteiger partial charge in [0.15, 0.2) is 8.32 Å². The molecule has 1 unspecified atom stereocenters. The minimum absolute atomic E-state index is 0.0695. The number of H-pyrrole nitrogens is 1. The second-order valence-corrected chi connectivity index (χ2v) is 12.0. The second-order valence-electron chi connectivity index (χ2n) is 7.20. The quantitative estimate of drug-likeness (QED) is 0.807. The SMILES string of the molecule is CC(C)(C)[Si](C)(C)OCC1=C[C@H](O)C(n2ccc(=O)[nH]c2=O)O1. The van der Waals surface area contributed by atoms with Crippen LogP contribution in [-0.4, -0.2) is 35.7 Å². The summed E-state index contributed by atoms with van der Waals surface area (Å²) in [5, 5.41) is 10.2. The van der Waals surface area contributed by atoms with Crippen LogP contribution in [0.25, 0.3) is 0 Å². The van der Waals surface area contributed by atoms with E-state index in [1.54, 1.807) is 0 Å². The van der Waals surface area contributed by atoms with E-state index >= 15 is 0 Å². The monoisotopic (exact) mass is 340 g/mol. The van der Waals surface area contributed by atoms with Gasteiger partial charge in [0.05, 0.1) is 6.61 Å². The fraction of sp³-hybridized carbons (Fsp3) is 0.600. The molecule has 2 heterocycles. The molecule has 0 radical (unpaired) electrons. The zero-order valence-electron chi connectivity index (χ0n) is 14.1. The summed E-state index contributed by atoms with van der Waals surface area (Å²) < 4.78 is 12.8. The predicted octanol–water partition coefficient (Wildman–Crippen LogP) is 1.33. The molecule has 0 bridgehead atoms. The minimum atomic E-state index is -1.93. The topological polar surface area (TPSA) is 93.5 Å². The molecular weight excluding hydrogens is 316 g/mol. The molecule has 2 rings (SSSR count). The standard InChI is InChI=1S/C15H24N2O5Si/c1-15(2,3)23(4,5)21-9-10-8-11(18)13(22-10)17-7-6-12(19)16-14(17)20/h6-8,11,13,18H,9H2,1-5H3,(H,16,19,20)/t11-,13?/m0/s1. The van der Waals surface area contributed by atoms with Gasteiger partial charge in [-0.25, -0.2) is 4.79 Å². The third-order valence-corrected chi connectivity index (χ3v) is 8.91. The average Bonchev–Trinajstić information content (AvgIpc) is 2.76. The van der Waals surface area contributed by atoms with E-state index < -0.39 is 31.9 Å². The molecule has 1 aromatic heterocycles. The Morgan fingerprint density at radius 1 is 1.39 bits per heavy atom. The van der Waals surface area contributed by atoms with Crippen LogP contribution < -0.4 is 11.2 Å². The molecule has 2 atom stereocenters. The van der Waals surface area contributed by atoms with E-state index in [-0.39, 0.29) is 11.6 Å². The lowest BCUT2D eigenvalue weighted by Gasteiger charge is -2.36. The summed E-state index contributed by atoms with van der Waals surface area (Å²) in [6.07, 6.45) is 0.976. The minimum Gasteiger partial charge on any atom is -0.469 e. The van der Waals surface area contributed by atoms with Crippen molar-refractivity contribution < 1.29 is 14.3 Å². The van der Waals surface area contributed by atoms with Crippen molar-refractivity contribution in [3.63, 3.8) is 0 Å². The molecule has 0 saturated carbocycles. The van der Waals surface area contributed by atoms with E-state index in [1.165, 1.54) is 18.3 Å². The first kappa shape index (κ1) is 17.7. The maximum Gasteiger partial charge on any atom is 0.331 e. The number of rotatable bonds is 4. The fourth-order valence-electron chi connectivity index (χ4n) is 1.94. The summed E-state index contributed by atoms with van der Waals surface area (Å²) >= 11 is 0. The number of hydrogen-bond donors (Lipinski definition) is 2. The van der Waals surface area contributed by atoms with Gasteiger partial charge < -0.3 is 14.3 Å². The van der Waals surface area contributed by atoms with Crippen molar-refractivity contribution in [2.24, 2.45) is 0 Å². The zero-order valence-corrected chi connectivity index (χ0v) is 15.1. The van der Waals surface area contributed by atoms with Gasteiger partial charge in [-0.2, -0.15) is 0 Å². The first-order chi connectivity index (χ1) is 10.5. The van der Waals surface area contributed by atoms with Crippen LogP contribution in [0.1, 0.15) is 27.0 Å².